The molecule has 1 aromatic heterocycles. The number of hydrogen-bond donors (Lipinski definition) is 2. The minimum Gasteiger partial charge on any atom is -0.326 e. The summed E-state index contributed by atoms with van der Waals surface area (Å²) in [6, 6.07) is 23.2. The number of carbonyl (C=O) groups is 2. The van der Waals surface area contributed by atoms with E-state index in [0.717, 1.165) is 46.2 Å². The maximum absolute atomic E-state index is 12.8. The van der Waals surface area contributed by atoms with Gasteiger partial charge < -0.3 is 15.5 Å². The molecular weight excluding hydrogens is 436 g/mol. The number of amides is 2. The molecule has 1 heterocycles. The Morgan fingerprint density at radius 1 is 0.914 bits per heavy atom. The molecule has 0 spiro atoms. The molecule has 6 nitrogen and oxygen atoms in total. The molecule has 0 bridgehead atoms. The van der Waals surface area contributed by atoms with E-state index in [4.69, 9.17) is 0 Å². The third-order valence-electron chi connectivity index (χ3n) is 6.32. The molecule has 2 atom stereocenters. The minimum atomic E-state index is -0.143. The second-order valence-electron chi connectivity index (χ2n) is 9.39. The lowest BCUT2D eigenvalue weighted by Crippen LogP contribution is -2.15. The van der Waals surface area contributed by atoms with Gasteiger partial charge in [0.2, 0.25) is 5.91 Å². The molecule has 3 aromatic carbocycles. The van der Waals surface area contributed by atoms with Crippen LogP contribution in [-0.2, 0) is 11.3 Å². The molecule has 1 aliphatic rings. The number of nitrogens with one attached hydrogen (secondary N) is 2. The fraction of sp³-hybridized carbons (Fsp3) is 0.207. The zero-order chi connectivity index (χ0) is 24.4. The van der Waals surface area contributed by atoms with Crippen molar-refractivity contribution in [1.82, 2.24) is 9.88 Å². The van der Waals surface area contributed by atoms with Crippen LogP contribution in [0.4, 0.5) is 11.4 Å². The highest BCUT2D eigenvalue weighted by Gasteiger charge is 2.43. The number of anilines is 2. The molecule has 0 saturated heterocycles. The quantitative estimate of drug-likeness (QED) is 0.390. The van der Waals surface area contributed by atoms with Gasteiger partial charge in [0.1, 0.15) is 0 Å². The van der Waals surface area contributed by atoms with Crippen LogP contribution in [0.1, 0.15) is 33.8 Å². The predicted molar refractivity (Wildman–Crippen MR) is 139 cm³/mol. The van der Waals surface area contributed by atoms with Gasteiger partial charge in [-0.2, -0.15) is 0 Å². The van der Waals surface area contributed by atoms with Gasteiger partial charge in [0.25, 0.3) is 5.91 Å². The lowest BCUT2D eigenvalue weighted by Gasteiger charge is -2.11. The van der Waals surface area contributed by atoms with E-state index in [9.17, 15) is 9.59 Å². The van der Waals surface area contributed by atoms with Crippen molar-refractivity contribution in [2.24, 2.45) is 5.92 Å². The summed E-state index contributed by atoms with van der Waals surface area (Å²) in [5, 5.41) is 8.11. The summed E-state index contributed by atoms with van der Waals surface area (Å²) < 4.78 is 0. The first-order chi connectivity index (χ1) is 17.0. The summed E-state index contributed by atoms with van der Waals surface area (Å²) in [5.41, 5.74) is 4.39. The average Bonchev–Trinajstić information content (AvgIpc) is 3.65. The van der Waals surface area contributed by atoms with Crippen LogP contribution >= 0.6 is 0 Å². The number of pyridine rings is 1. The van der Waals surface area contributed by atoms with Gasteiger partial charge in [-0.1, -0.05) is 30.3 Å². The van der Waals surface area contributed by atoms with Crippen molar-refractivity contribution in [3.8, 4) is 0 Å². The Hall–Kier alpha value is -4.03. The van der Waals surface area contributed by atoms with Crippen molar-refractivity contribution in [2.75, 3.05) is 24.7 Å². The Kier molecular flexibility index (Phi) is 6.29. The van der Waals surface area contributed by atoms with Gasteiger partial charge in [-0.05, 0) is 85.4 Å². The number of fused-ring (bicyclic) bond motifs is 1. The lowest BCUT2D eigenvalue weighted by molar-refractivity contribution is -0.117. The summed E-state index contributed by atoms with van der Waals surface area (Å²) in [5.74, 6) is 0.0136. The Morgan fingerprint density at radius 2 is 1.71 bits per heavy atom. The second-order valence-corrected chi connectivity index (χ2v) is 9.39. The molecule has 2 amide bonds. The van der Waals surface area contributed by atoms with E-state index in [-0.39, 0.29) is 23.7 Å². The third kappa shape index (κ3) is 5.39. The van der Waals surface area contributed by atoms with Gasteiger partial charge in [-0.15, -0.1) is 0 Å². The molecule has 5 rings (SSSR count). The number of carbonyl (C=O) groups excluding carboxylic acids is 2. The standard InChI is InChI=1S/C29H28N4O2/c1-33(2)18-19-4-3-5-24(14-19)31-28(34)21-8-6-20(7-9-21)26-16-27(26)29(35)32-25-11-10-23-17-30-13-12-22(23)15-25/h3-15,17,26-27H,16,18H2,1-2H3,(H,31,34)(H,32,35)/t26-,27+/m0/s1. The third-order valence-corrected chi connectivity index (χ3v) is 6.32. The van der Waals surface area contributed by atoms with Crippen LogP contribution in [0.2, 0.25) is 0 Å². The lowest BCUT2D eigenvalue weighted by atomic mass is 10.1. The maximum atomic E-state index is 12.8. The first-order valence-corrected chi connectivity index (χ1v) is 11.8. The van der Waals surface area contributed by atoms with Gasteiger partial charge in [0, 0.05) is 47.2 Å². The molecule has 0 radical (unpaired) electrons. The molecule has 6 heteroatoms. The zero-order valence-corrected chi connectivity index (χ0v) is 19.9. The summed E-state index contributed by atoms with van der Waals surface area (Å²) in [6.07, 6.45) is 4.37. The summed E-state index contributed by atoms with van der Waals surface area (Å²) in [6.45, 7) is 0.812. The molecular formula is C29H28N4O2. The predicted octanol–water partition coefficient (Wildman–Crippen LogP) is 5.29. The number of benzene rings is 3. The molecule has 2 N–H and O–H groups in total. The smallest absolute Gasteiger partial charge is 0.255 e. The summed E-state index contributed by atoms with van der Waals surface area (Å²) in [4.78, 5) is 31.7. The minimum absolute atomic E-state index is 0.0304. The molecule has 1 saturated carbocycles. The summed E-state index contributed by atoms with van der Waals surface area (Å²) in [7, 11) is 4.03. The molecule has 4 aromatic rings. The Balaban J connectivity index is 1.18. The molecule has 0 aliphatic heterocycles. The van der Waals surface area contributed by atoms with Crippen LogP contribution in [0, 0.1) is 5.92 Å². The van der Waals surface area contributed by atoms with E-state index >= 15 is 0 Å². The van der Waals surface area contributed by atoms with Gasteiger partial charge in [0.15, 0.2) is 0 Å². The fourth-order valence-electron chi connectivity index (χ4n) is 4.45. The van der Waals surface area contributed by atoms with Gasteiger partial charge >= 0.3 is 0 Å². The van der Waals surface area contributed by atoms with Crippen molar-refractivity contribution >= 4 is 34.0 Å². The molecule has 1 aliphatic carbocycles. The first kappa shape index (κ1) is 22.7. The zero-order valence-electron chi connectivity index (χ0n) is 19.9. The van der Waals surface area contributed by atoms with E-state index in [1.165, 1.54) is 0 Å². The van der Waals surface area contributed by atoms with E-state index in [1.54, 1.807) is 6.20 Å². The average molecular weight is 465 g/mol. The largest absolute Gasteiger partial charge is 0.326 e. The van der Waals surface area contributed by atoms with Gasteiger partial charge in [-0.25, -0.2) is 0 Å². The van der Waals surface area contributed by atoms with Crippen molar-refractivity contribution < 1.29 is 9.59 Å². The highest BCUT2D eigenvalue weighted by atomic mass is 16.2. The van der Waals surface area contributed by atoms with E-state index < -0.39 is 0 Å². The van der Waals surface area contributed by atoms with Crippen LogP contribution in [0.25, 0.3) is 10.8 Å². The Bertz CT molecular complexity index is 1380. The molecule has 176 valence electrons. The molecule has 1 fully saturated rings. The number of nitrogens with zero attached hydrogens (tertiary/aromatic N) is 2. The van der Waals surface area contributed by atoms with Crippen LogP contribution < -0.4 is 10.6 Å². The maximum Gasteiger partial charge on any atom is 0.255 e. The van der Waals surface area contributed by atoms with Crippen LogP contribution in [-0.4, -0.2) is 35.8 Å². The van der Waals surface area contributed by atoms with E-state index in [1.807, 2.05) is 93.1 Å². The van der Waals surface area contributed by atoms with E-state index in [2.05, 4.69) is 20.5 Å². The topological polar surface area (TPSA) is 74.3 Å². The van der Waals surface area contributed by atoms with Crippen molar-refractivity contribution in [3.63, 3.8) is 0 Å². The van der Waals surface area contributed by atoms with Crippen LogP contribution in [0.3, 0.4) is 0 Å². The highest BCUT2D eigenvalue weighted by Crippen LogP contribution is 2.48. The van der Waals surface area contributed by atoms with Gasteiger partial charge in [-0.3, -0.25) is 14.6 Å². The molecule has 35 heavy (non-hydrogen) atoms. The van der Waals surface area contributed by atoms with E-state index in [0.29, 0.717) is 5.56 Å². The van der Waals surface area contributed by atoms with Crippen molar-refractivity contribution in [1.29, 1.82) is 0 Å². The van der Waals surface area contributed by atoms with Crippen LogP contribution in [0.15, 0.2) is 85.2 Å². The summed E-state index contributed by atoms with van der Waals surface area (Å²) >= 11 is 0. The van der Waals surface area contributed by atoms with Crippen molar-refractivity contribution in [3.05, 3.63) is 102 Å². The number of rotatable bonds is 7. The Labute approximate surface area is 205 Å². The van der Waals surface area contributed by atoms with Gasteiger partial charge in [0.05, 0.1) is 0 Å². The second kappa shape index (κ2) is 9.68. The fourth-order valence-corrected chi connectivity index (χ4v) is 4.45. The van der Waals surface area contributed by atoms with Crippen molar-refractivity contribution in [2.45, 2.75) is 18.9 Å². The SMILES string of the molecule is CN(C)Cc1cccc(NC(=O)c2ccc([C@@H]3C[C@H]3C(=O)Nc3ccc4cnccc4c3)cc2)c1. The normalized spacial score (nSPS) is 16.8. The Morgan fingerprint density at radius 3 is 2.51 bits per heavy atom. The first-order valence-electron chi connectivity index (χ1n) is 11.8. The monoisotopic (exact) mass is 464 g/mol. The number of aromatic nitrogens is 1. The highest BCUT2D eigenvalue weighted by molar-refractivity contribution is 6.04. The number of hydrogen-bond acceptors (Lipinski definition) is 4. The molecule has 0 unspecified atom stereocenters. The van der Waals surface area contributed by atoms with Crippen LogP contribution in [0.5, 0.6) is 0 Å².